The Morgan fingerprint density at radius 2 is 1.16 bits per heavy atom. The molecule has 0 aromatic heterocycles. The molecule has 0 aromatic carbocycles. The third kappa shape index (κ3) is 9.04. The van der Waals surface area contributed by atoms with E-state index in [-0.39, 0.29) is 5.97 Å². The van der Waals surface area contributed by atoms with E-state index in [1.54, 1.807) is 6.92 Å². The van der Waals surface area contributed by atoms with Gasteiger partial charge in [-0.25, -0.2) is 4.79 Å². The first kappa shape index (κ1) is 16.5. The number of rotatable bonds is 0. The minimum atomic E-state index is -0.407. The molecule has 0 bridgehead atoms. The van der Waals surface area contributed by atoms with Crippen LogP contribution in [0.2, 0.25) is 0 Å². The van der Waals surface area contributed by atoms with Crippen LogP contribution in [0.4, 0.5) is 0 Å². The Morgan fingerprint density at radius 1 is 0.737 bits per heavy atom. The van der Waals surface area contributed by atoms with Crippen molar-refractivity contribution in [3.05, 3.63) is 0 Å². The van der Waals surface area contributed by atoms with Crippen molar-refractivity contribution in [2.45, 2.75) is 83.7 Å². The Morgan fingerprint density at radius 3 is 1.68 bits per heavy atom. The Balaban J connectivity index is 2.21. The number of hydrogen-bond donors (Lipinski definition) is 0. The zero-order valence-corrected chi connectivity index (χ0v) is 12.5. The molecule has 1 atom stereocenters. The Bertz CT molecular complexity index is 228. The second-order valence-electron chi connectivity index (χ2n) is 5.57. The van der Waals surface area contributed by atoms with E-state index in [0.717, 1.165) is 12.8 Å². The lowest BCUT2D eigenvalue weighted by atomic mass is 10.1. The maximum atomic E-state index is 11.6. The van der Waals surface area contributed by atoms with E-state index < -0.39 is 6.10 Å². The van der Waals surface area contributed by atoms with E-state index >= 15 is 0 Å². The number of carbonyl (C=O) groups is 1. The number of ether oxygens (including phenoxy) is 2. The molecule has 112 valence electrons. The molecular weight excluding hydrogens is 240 g/mol. The Kier molecular flexibility index (Phi) is 9.78. The van der Waals surface area contributed by atoms with Gasteiger partial charge in [0.2, 0.25) is 0 Å². The summed E-state index contributed by atoms with van der Waals surface area (Å²) in [5.41, 5.74) is 0. The van der Waals surface area contributed by atoms with Crippen molar-refractivity contribution in [1.82, 2.24) is 0 Å². The standard InChI is InChI=1S/C16H30O3/c1-15-16(17)19-14-12-10-8-6-4-2-3-5-7-9-11-13-18-15/h15H,2-14H2,1H3. The molecule has 0 spiro atoms. The molecule has 0 amide bonds. The van der Waals surface area contributed by atoms with Gasteiger partial charge in [0.25, 0.3) is 0 Å². The minimum Gasteiger partial charge on any atom is -0.464 e. The van der Waals surface area contributed by atoms with E-state index in [1.807, 2.05) is 0 Å². The minimum absolute atomic E-state index is 0.204. The predicted octanol–water partition coefficient (Wildman–Crippen LogP) is 4.24. The van der Waals surface area contributed by atoms with E-state index in [0.29, 0.717) is 13.2 Å². The maximum Gasteiger partial charge on any atom is 0.334 e. The molecule has 0 aromatic rings. The molecule has 0 N–H and O–H groups in total. The molecule has 1 unspecified atom stereocenters. The number of esters is 1. The van der Waals surface area contributed by atoms with E-state index in [2.05, 4.69) is 0 Å². The SMILES string of the molecule is CC1OCCCCCCCCCCCCCOC1=O. The fourth-order valence-corrected chi connectivity index (χ4v) is 2.41. The molecule has 1 rings (SSSR count). The molecule has 3 nitrogen and oxygen atoms in total. The van der Waals surface area contributed by atoms with Crippen LogP contribution in [0.3, 0.4) is 0 Å². The van der Waals surface area contributed by atoms with Gasteiger partial charge in [-0.1, -0.05) is 57.8 Å². The van der Waals surface area contributed by atoms with Crippen molar-refractivity contribution in [3.8, 4) is 0 Å². The van der Waals surface area contributed by atoms with Gasteiger partial charge < -0.3 is 9.47 Å². The molecule has 3 heteroatoms. The summed E-state index contributed by atoms with van der Waals surface area (Å²) in [7, 11) is 0. The molecule has 0 saturated carbocycles. The largest absolute Gasteiger partial charge is 0.464 e. The van der Waals surface area contributed by atoms with Gasteiger partial charge >= 0.3 is 5.97 Å². The summed E-state index contributed by atoms with van der Waals surface area (Å²) in [5.74, 6) is -0.204. The van der Waals surface area contributed by atoms with Gasteiger partial charge in [-0.2, -0.15) is 0 Å². The molecule has 1 aliphatic rings. The van der Waals surface area contributed by atoms with Crippen molar-refractivity contribution in [2.75, 3.05) is 13.2 Å². The first-order chi connectivity index (χ1) is 9.30. The molecule has 1 heterocycles. The third-order valence-corrected chi connectivity index (χ3v) is 3.73. The van der Waals surface area contributed by atoms with Crippen LogP contribution in [0.5, 0.6) is 0 Å². The summed E-state index contributed by atoms with van der Waals surface area (Å²) in [6.45, 7) is 3.01. The van der Waals surface area contributed by atoms with Gasteiger partial charge in [0, 0.05) is 6.61 Å². The summed E-state index contributed by atoms with van der Waals surface area (Å²) < 4.78 is 10.7. The Labute approximate surface area is 118 Å². The van der Waals surface area contributed by atoms with Crippen molar-refractivity contribution in [3.63, 3.8) is 0 Å². The molecule has 1 fully saturated rings. The zero-order chi connectivity index (χ0) is 13.8. The summed E-state index contributed by atoms with van der Waals surface area (Å²) >= 11 is 0. The molecule has 0 aliphatic carbocycles. The second-order valence-corrected chi connectivity index (χ2v) is 5.57. The monoisotopic (exact) mass is 270 g/mol. The van der Waals surface area contributed by atoms with Crippen LogP contribution in [0, 0.1) is 0 Å². The van der Waals surface area contributed by atoms with Gasteiger partial charge in [0.15, 0.2) is 6.10 Å². The first-order valence-electron chi connectivity index (χ1n) is 8.09. The van der Waals surface area contributed by atoms with Gasteiger partial charge in [-0.15, -0.1) is 0 Å². The zero-order valence-electron chi connectivity index (χ0n) is 12.5. The molecule has 1 aliphatic heterocycles. The van der Waals surface area contributed by atoms with Crippen LogP contribution in [0.1, 0.15) is 77.6 Å². The van der Waals surface area contributed by atoms with Crippen molar-refractivity contribution >= 4 is 5.97 Å². The van der Waals surface area contributed by atoms with Crippen molar-refractivity contribution in [2.24, 2.45) is 0 Å². The van der Waals surface area contributed by atoms with Gasteiger partial charge in [-0.05, 0) is 19.8 Å². The second kappa shape index (κ2) is 11.3. The highest BCUT2D eigenvalue weighted by Gasteiger charge is 2.14. The maximum absolute atomic E-state index is 11.6. The number of cyclic esters (lactones) is 1. The molecule has 1 saturated heterocycles. The lowest BCUT2D eigenvalue weighted by Gasteiger charge is -2.12. The lowest BCUT2D eigenvalue weighted by Crippen LogP contribution is -2.24. The van der Waals surface area contributed by atoms with Crippen LogP contribution in [0.15, 0.2) is 0 Å². The topological polar surface area (TPSA) is 35.5 Å². The van der Waals surface area contributed by atoms with Crippen LogP contribution in [0.25, 0.3) is 0 Å². The average Bonchev–Trinajstić information content (AvgIpc) is 2.41. The lowest BCUT2D eigenvalue weighted by molar-refractivity contribution is -0.156. The normalized spacial score (nSPS) is 26.4. The quantitative estimate of drug-likeness (QED) is 0.618. The summed E-state index contributed by atoms with van der Waals surface area (Å²) in [5, 5.41) is 0. The molecule has 0 radical (unpaired) electrons. The van der Waals surface area contributed by atoms with Gasteiger partial charge in [0.1, 0.15) is 0 Å². The van der Waals surface area contributed by atoms with Crippen molar-refractivity contribution < 1.29 is 14.3 Å². The predicted molar refractivity (Wildman–Crippen MR) is 77.2 cm³/mol. The molecule has 19 heavy (non-hydrogen) atoms. The smallest absolute Gasteiger partial charge is 0.334 e. The van der Waals surface area contributed by atoms with Crippen LogP contribution in [-0.2, 0) is 14.3 Å². The fraction of sp³-hybridized carbons (Fsp3) is 0.938. The van der Waals surface area contributed by atoms with Crippen LogP contribution in [-0.4, -0.2) is 25.3 Å². The number of hydrogen-bond acceptors (Lipinski definition) is 3. The van der Waals surface area contributed by atoms with E-state index in [4.69, 9.17) is 9.47 Å². The highest BCUT2D eigenvalue weighted by molar-refractivity contribution is 5.74. The van der Waals surface area contributed by atoms with Crippen LogP contribution >= 0.6 is 0 Å². The summed E-state index contributed by atoms with van der Waals surface area (Å²) in [6, 6.07) is 0. The summed E-state index contributed by atoms with van der Waals surface area (Å²) in [6.07, 6.45) is 13.4. The highest BCUT2D eigenvalue weighted by Crippen LogP contribution is 2.12. The number of carbonyl (C=O) groups excluding carboxylic acids is 1. The summed E-state index contributed by atoms with van der Waals surface area (Å²) in [4.78, 5) is 11.6. The van der Waals surface area contributed by atoms with Crippen molar-refractivity contribution in [1.29, 1.82) is 0 Å². The first-order valence-corrected chi connectivity index (χ1v) is 8.09. The Hall–Kier alpha value is -0.570. The van der Waals surface area contributed by atoms with Gasteiger partial charge in [0.05, 0.1) is 6.61 Å². The fourth-order valence-electron chi connectivity index (χ4n) is 2.41. The average molecular weight is 270 g/mol. The van der Waals surface area contributed by atoms with E-state index in [1.165, 1.54) is 57.8 Å². The van der Waals surface area contributed by atoms with E-state index in [9.17, 15) is 4.79 Å². The van der Waals surface area contributed by atoms with Crippen LogP contribution < -0.4 is 0 Å². The molecular formula is C16H30O3. The van der Waals surface area contributed by atoms with Gasteiger partial charge in [-0.3, -0.25) is 0 Å². The third-order valence-electron chi connectivity index (χ3n) is 3.73. The highest BCUT2D eigenvalue weighted by atomic mass is 16.6.